The minimum Gasteiger partial charge on any atom is -0.406 e. The highest BCUT2D eigenvalue weighted by molar-refractivity contribution is 7.13. The maximum atomic E-state index is 12.2. The molecule has 1 aromatic heterocycles. The third-order valence-corrected chi connectivity index (χ3v) is 4.23. The van der Waals surface area contributed by atoms with E-state index in [1.165, 1.54) is 23.5 Å². The minimum atomic E-state index is -4.69. The van der Waals surface area contributed by atoms with Crippen LogP contribution < -0.4 is 10.5 Å². The number of nitrogens with two attached hydrogens (primary N) is 1. The van der Waals surface area contributed by atoms with Crippen molar-refractivity contribution in [2.24, 2.45) is 5.73 Å². The van der Waals surface area contributed by atoms with Crippen molar-refractivity contribution in [3.05, 3.63) is 59.5 Å². The van der Waals surface area contributed by atoms with Crippen LogP contribution in [0.15, 0.2) is 53.9 Å². The second kappa shape index (κ2) is 6.62. The summed E-state index contributed by atoms with van der Waals surface area (Å²) in [4.78, 5) is 4.56. The lowest BCUT2D eigenvalue weighted by atomic mass is 10.1. The Morgan fingerprint density at radius 2 is 1.75 bits per heavy atom. The molecule has 7 heteroatoms. The van der Waals surface area contributed by atoms with E-state index in [-0.39, 0.29) is 5.75 Å². The van der Waals surface area contributed by atoms with Crippen LogP contribution in [0.2, 0.25) is 0 Å². The number of benzene rings is 2. The highest BCUT2D eigenvalue weighted by atomic mass is 32.1. The summed E-state index contributed by atoms with van der Waals surface area (Å²) >= 11 is 1.46. The van der Waals surface area contributed by atoms with Crippen molar-refractivity contribution in [3.63, 3.8) is 0 Å². The lowest BCUT2D eigenvalue weighted by Crippen LogP contribution is -2.16. The molecule has 0 aliphatic rings. The summed E-state index contributed by atoms with van der Waals surface area (Å²) in [6, 6.07) is 13.4. The smallest absolute Gasteiger partial charge is 0.406 e. The van der Waals surface area contributed by atoms with Gasteiger partial charge in [0.25, 0.3) is 0 Å². The fraction of sp³-hybridized carbons (Fsp3) is 0.118. The number of nitrogens with zero attached hydrogens (tertiary/aromatic N) is 1. The van der Waals surface area contributed by atoms with E-state index in [2.05, 4.69) is 9.72 Å². The number of rotatable bonds is 4. The van der Waals surface area contributed by atoms with Gasteiger partial charge in [0.05, 0.1) is 5.69 Å². The number of hydrogen-bond donors (Lipinski definition) is 1. The van der Waals surface area contributed by atoms with Crippen LogP contribution in [-0.4, -0.2) is 11.3 Å². The van der Waals surface area contributed by atoms with Crippen molar-refractivity contribution in [2.75, 3.05) is 0 Å². The van der Waals surface area contributed by atoms with Crippen LogP contribution in [0.1, 0.15) is 5.56 Å². The van der Waals surface area contributed by atoms with E-state index in [1.54, 1.807) is 12.1 Å². The number of hydrogen-bond acceptors (Lipinski definition) is 4. The molecule has 1 heterocycles. The molecule has 0 spiro atoms. The predicted molar refractivity (Wildman–Crippen MR) is 87.6 cm³/mol. The minimum absolute atomic E-state index is 0.254. The Labute approximate surface area is 140 Å². The molecule has 0 bridgehead atoms. The number of alkyl halides is 3. The zero-order chi connectivity index (χ0) is 17.2. The molecule has 0 saturated heterocycles. The lowest BCUT2D eigenvalue weighted by molar-refractivity contribution is -0.274. The van der Waals surface area contributed by atoms with Crippen LogP contribution in [0.4, 0.5) is 13.2 Å². The number of ether oxygens (including phenoxy) is 1. The Morgan fingerprint density at radius 1 is 1.04 bits per heavy atom. The third-order valence-electron chi connectivity index (χ3n) is 3.36. The molecule has 2 N–H and O–H groups in total. The molecule has 0 amide bonds. The Kier molecular flexibility index (Phi) is 4.55. The van der Waals surface area contributed by atoms with Crippen LogP contribution >= 0.6 is 11.3 Å². The van der Waals surface area contributed by atoms with Crippen molar-refractivity contribution in [1.82, 2.24) is 4.98 Å². The van der Waals surface area contributed by atoms with Gasteiger partial charge in [-0.25, -0.2) is 4.98 Å². The van der Waals surface area contributed by atoms with Gasteiger partial charge in [0.2, 0.25) is 0 Å². The Hall–Kier alpha value is -2.38. The molecule has 124 valence electrons. The first-order chi connectivity index (χ1) is 11.5. The van der Waals surface area contributed by atoms with Gasteiger partial charge < -0.3 is 10.5 Å². The molecule has 3 rings (SSSR count). The highest BCUT2D eigenvalue weighted by Gasteiger charge is 2.31. The topological polar surface area (TPSA) is 48.1 Å². The second-order valence-electron chi connectivity index (χ2n) is 4.97. The lowest BCUT2D eigenvalue weighted by Gasteiger charge is -2.08. The van der Waals surface area contributed by atoms with Gasteiger partial charge in [-0.15, -0.1) is 24.5 Å². The van der Waals surface area contributed by atoms with E-state index in [0.29, 0.717) is 12.2 Å². The van der Waals surface area contributed by atoms with Gasteiger partial charge >= 0.3 is 6.36 Å². The highest BCUT2D eigenvalue weighted by Crippen LogP contribution is 2.32. The van der Waals surface area contributed by atoms with Crippen LogP contribution in [0.25, 0.3) is 21.8 Å². The summed E-state index contributed by atoms with van der Waals surface area (Å²) in [7, 11) is 0. The fourth-order valence-corrected chi connectivity index (χ4v) is 3.15. The summed E-state index contributed by atoms with van der Waals surface area (Å²) in [5, 5.41) is 2.68. The fourth-order valence-electron chi connectivity index (χ4n) is 2.26. The second-order valence-corrected chi connectivity index (χ2v) is 5.83. The molecular weight excluding hydrogens is 337 g/mol. The third kappa shape index (κ3) is 3.74. The Bertz CT molecular complexity index is 828. The Balaban J connectivity index is 1.85. The van der Waals surface area contributed by atoms with Gasteiger partial charge in [-0.1, -0.05) is 24.3 Å². The van der Waals surface area contributed by atoms with Gasteiger partial charge in [-0.05, 0) is 29.8 Å². The summed E-state index contributed by atoms with van der Waals surface area (Å²) in [6.45, 7) is 0.411. The maximum absolute atomic E-state index is 12.2. The molecule has 0 fully saturated rings. The van der Waals surface area contributed by atoms with Gasteiger partial charge in [-0.3, -0.25) is 0 Å². The molecular formula is C17H13F3N2OS. The molecule has 24 heavy (non-hydrogen) atoms. The van der Waals surface area contributed by atoms with E-state index in [4.69, 9.17) is 5.73 Å². The summed E-state index contributed by atoms with van der Waals surface area (Å²) in [5.74, 6) is -0.254. The van der Waals surface area contributed by atoms with Crippen LogP contribution in [0, 0.1) is 0 Å². The maximum Gasteiger partial charge on any atom is 0.573 e. The summed E-state index contributed by atoms with van der Waals surface area (Å²) < 4.78 is 40.4. The van der Waals surface area contributed by atoms with Gasteiger partial charge in [0.15, 0.2) is 0 Å². The van der Waals surface area contributed by atoms with Crippen molar-refractivity contribution in [1.29, 1.82) is 0 Å². The van der Waals surface area contributed by atoms with Gasteiger partial charge in [0.1, 0.15) is 10.8 Å². The SMILES string of the molecule is NCc1ccccc1-c1nc(-c2ccc(OC(F)(F)F)cc2)cs1. The molecule has 0 radical (unpaired) electrons. The number of halogens is 3. The summed E-state index contributed by atoms with van der Waals surface area (Å²) in [6.07, 6.45) is -4.69. The normalized spacial score (nSPS) is 11.5. The molecule has 0 aliphatic carbocycles. The van der Waals surface area contributed by atoms with E-state index >= 15 is 0 Å². The van der Waals surface area contributed by atoms with Crippen molar-refractivity contribution < 1.29 is 17.9 Å². The standard InChI is InChI=1S/C17H13F3N2OS/c18-17(19,20)23-13-7-5-11(6-8-13)15-10-24-16(22-15)14-4-2-1-3-12(14)9-21/h1-8,10H,9,21H2. The predicted octanol–water partition coefficient (Wildman–Crippen LogP) is 4.83. The molecule has 3 aromatic rings. The molecule has 2 aromatic carbocycles. The van der Waals surface area contributed by atoms with Gasteiger partial charge in [-0.2, -0.15) is 0 Å². The zero-order valence-corrected chi connectivity index (χ0v) is 13.2. The Morgan fingerprint density at radius 3 is 2.42 bits per heavy atom. The zero-order valence-electron chi connectivity index (χ0n) is 12.4. The van der Waals surface area contributed by atoms with E-state index in [9.17, 15) is 13.2 Å². The van der Waals surface area contributed by atoms with Gasteiger partial charge in [0, 0.05) is 23.1 Å². The number of thiazole rings is 1. The average Bonchev–Trinajstić information content (AvgIpc) is 3.04. The quantitative estimate of drug-likeness (QED) is 0.733. The summed E-state index contributed by atoms with van der Waals surface area (Å²) in [5.41, 5.74) is 9.12. The molecule has 0 atom stereocenters. The number of aromatic nitrogens is 1. The van der Waals surface area contributed by atoms with Crippen molar-refractivity contribution in [2.45, 2.75) is 12.9 Å². The van der Waals surface area contributed by atoms with Crippen molar-refractivity contribution >= 4 is 11.3 Å². The van der Waals surface area contributed by atoms with E-state index in [1.807, 2.05) is 29.6 Å². The molecule has 0 aliphatic heterocycles. The van der Waals surface area contributed by atoms with Crippen molar-refractivity contribution in [3.8, 4) is 27.6 Å². The van der Waals surface area contributed by atoms with Crippen LogP contribution in [-0.2, 0) is 6.54 Å². The monoisotopic (exact) mass is 350 g/mol. The van der Waals surface area contributed by atoms with Crippen LogP contribution in [0.3, 0.4) is 0 Å². The molecule has 0 unspecified atom stereocenters. The average molecular weight is 350 g/mol. The van der Waals surface area contributed by atoms with E-state index < -0.39 is 6.36 Å². The first-order valence-corrected chi connectivity index (χ1v) is 7.94. The van der Waals surface area contributed by atoms with E-state index in [0.717, 1.165) is 21.7 Å². The molecule has 3 nitrogen and oxygen atoms in total. The largest absolute Gasteiger partial charge is 0.573 e. The first-order valence-electron chi connectivity index (χ1n) is 7.06. The van der Waals surface area contributed by atoms with Crippen LogP contribution in [0.5, 0.6) is 5.75 Å². The molecule has 0 saturated carbocycles. The first kappa shape index (κ1) is 16.5.